The molecule has 2 rings (SSSR count). The van der Waals surface area contributed by atoms with Crippen LogP contribution in [0.4, 0.5) is 0 Å². The first-order valence-electron chi connectivity index (χ1n) is 6.12. The lowest BCUT2D eigenvalue weighted by atomic mass is 10.1. The Hall–Kier alpha value is -1.98. The minimum Gasteiger partial charge on any atom is -0.301 e. The molecule has 2 aromatic carbocycles. The number of carbonyl (C=O) groups excluding carboxylic acids is 1. The molecule has 20 heavy (non-hydrogen) atoms. The Balaban J connectivity index is 2.27. The summed E-state index contributed by atoms with van der Waals surface area (Å²) in [6.07, 6.45) is 0.584. The number of carbonyl (C=O) groups is 1. The zero-order chi connectivity index (χ0) is 14.6. The van der Waals surface area contributed by atoms with Gasteiger partial charge in [-0.3, -0.25) is 0 Å². The summed E-state index contributed by atoms with van der Waals surface area (Å²) in [4.78, 5) is 11.3. The number of aryl methyl sites for hydroxylation is 1. The number of hydrogen-bond donors (Lipinski definition) is 1. The van der Waals surface area contributed by atoms with Gasteiger partial charge < -0.3 is 4.79 Å². The fourth-order valence-corrected chi connectivity index (χ4v) is 2.94. The summed E-state index contributed by atoms with van der Waals surface area (Å²) in [5.41, 5.74) is 1.58. The third-order valence-corrected chi connectivity index (χ3v) is 4.37. The van der Waals surface area contributed by atoms with Crippen molar-refractivity contribution >= 4 is 16.3 Å². The SMILES string of the molecule is Cc1ccc(S(=O)(=O)N[C@H](C=O)c2ccccc2)cc1. The Morgan fingerprint density at radius 3 is 2.15 bits per heavy atom. The second-order valence-corrected chi connectivity index (χ2v) is 6.17. The molecular weight excluding hydrogens is 274 g/mol. The molecular formula is C15H15NO3S. The molecule has 1 atom stereocenters. The normalized spacial score (nSPS) is 12.8. The van der Waals surface area contributed by atoms with E-state index in [2.05, 4.69) is 4.72 Å². The van der Waals surface area contributed by atoms with Crippen molar-refractivity contribution in [3.63, 3.8) is 0 Å². The fourth-order valence-electron chi connectivity index (χ4n) is 1.79. The predicted octanol–water partition coefficient (Wildman–Crippen LogP) is 2.21. The van der Waals surface area contributed by atoms with Gasteiger partial charge in [-0.15, -0.1) is 0 Å². The van der Waals surface area contributed by atoms with E-state index in [-0.39, 0.29) is 4.90 Å². The molecule has 5 heteroatoms. The van der Waals surface area contributed by atoms with E-state index in [1.165, 1.54) is 12.1 Å². The van der Waals surface area contributed by atoms with Gasteiger partial charge in [0.15, 0.2) is 0 Å². The summed E-state index contributed by atoms with van der Waals surface area (Å²) < 4.78 is 26.8. The summed E-state index contributed by atoms with van der Waals surface area (Å²) in [7, 11) is -3.72. The predicted molar refractivity (Wildman–Crippen MR) is 76.7 cm³/mol. The highest BCUT2D eigenvalue weighted by molar-refractivity contribution is 7.89. The third-order valence-electron chi connectivity index (χ3n) is 2.91. The number of hydrogen-bond acceptors (Lipinski definition) is 3. The van der Waals surface area contributed by atoms with Crippen LogP contribution in [0.15, 0.2) is 59.5 Å². The number of nitrogens with one attached hydrogen (secondary N) is 1. The summed E-state index contributed by atoms with van der Waals surface area (Å²) in [5.74, 6) is 0. The van der Waals surface area contributed by atoms with Crippen molar-refractivity contribution in [3.05, 3.63) is 65.7 Å². The molecule has 0 aliphatic heterocycles. The molecule has 0 aliphatic carbocycles. The van der Waals surface area contributed by atoms with Crippen LogP contribution in [0.25, 0.3) is 0 Å². The Morgan fingerprint density at radius 2 is 1.60 bits per heavy atom. The molecule has 0 amide bonds. The van der Waals surface area contributed by atoms with Gasteiger partial charge in [-0.2, -0.15) is 4.72 Å². The third kappa shape index (κ3) is 3.31. The Bertz CT molecular complexity index is 679. The van der Waals surface area contributed by atoms with Gasteiger partial charge >= 0.3 is 0 Å². The fraction of sp³-hybridized carbons (Fsp3) is 0.133. The highest BCUT2D eigenvalue weighted by Gasteiger charge is 2.20. The minimum absolute atomic E-state index is 0.144. The first kappa shape index (κ1) is 14.4. The Kier molecular flexibility index (Phi) is 4.32. The quantitative estimate of drug-likeness (QED) is 0.858. The number of aldehydes is 1. The number of rotatable bonds is 5. The van der Waals surface area contributed by atoms with Gasteiger partial charge in [-0.25, -0.2) is 8.42 Å². The van der Waals surface area contributed by atoms with E-state index < -0.39 is 16.1 Å². The van der Waals surface area contributed by atoms with Crippen molar-refractivity contribution in [3.8, 4) is 0 Å². The van der Waals surface area contributed by atoms with Crippen molar-refractivity contribution in [1.82, 2.24) is 4.72 Å². The highest BCUT2D eigenvalue weighted by atomic mass is 32.2. The molecule has 4 nitrogen and oxygen atoms in total. The van der Waals surface area contributed by atoms with Gasteiger partial charge in [-0.1, -0.05) is 48.0 Å². The van der Waals surface area contributed by atoms with Crippen LogP contribution in [0.5, 0.6) is 0 Å². The topological polar surface area (TPSA) is 63.2 Å². The summed E-state index contributed by atoms with van der Waals surface area (Å²) >= 11 is 0. The minimum atomic E-state index is -3.72. The summed E-state index contributed by atoms with van der Waals surface area (Å²) in [6, 6.07) is 14.3. The zero-order valence-corrected chi connectivity index (χ0v) is 11.8. The molecule has 104 valence electrons. The first-order chi connectivity index (χ1) is 9.53. The number of benzene rings is 2. The molecule has 1 N–H and O–H groups in total. The molecule has 0 heterocycles. The van der Waals surface area contributed by atoms with Crippen LogP contribution in [-0.4, -0.2) is 14.7 Å². The molecule has 0 bridgehead atoms. The average Bonchev–Trinajstić information content (AvgIpc) is 2.46. The molecule has 0 spiro atoms. The Labute approximate surface area is 118 Å². The maximum Gasteiger partial charge on any atom is 0.241 e. The van der Waals surface area contributed by atoms with Gasteiger partial charge in [0.25, 0.3) is 0 Å². The van der Waals surface area contributed by atoms with Gasteiger partial charge in [-0.05, 0) is 24.6 Å². The summed E-state index contributed by atoms with van der Waals surface area (Å²) in [6.45, 7) is 1.88. The maximum absolute atomic E-state index is 12.2. The Morgan fingerprint density at radius 1 is 1.00 bits per heavy atom. The maximum atomic E-state index is 12.2. The van der Waals surface area contributed by atoms with Gasteiger partial charge in [0.2, 0.25) is 10.0 Å². The van der Waals surface area contributed by atoms with Crippen LogP contribution in [-0.2, 0) is 14.8 Å². The van der Waals surface area contributed by atoms with E-state index in [1.54, 1.807) is 42.5 Å². The molecule has 0 saturated heterocycles. The lowest BCUT2D eigenvalue weighted by Gasteiger charge is -2.13. The van der Waals surface area contributed by atoms with Crippen molar-refractivity contribution in [1.29, 1.82) is 0 Å². The van der Waals surface area contributed by atoms with Crippen molar-refractivity contribution in [2.75, 3.05) is 0 Å². The van der Waals surface area contributed by atoms with Crippen molar-refractivity contribution < 1.29 is 13.2 Å². The molecule has 0 unspecified atom stereocenters. The summed E-state index contributed by atoms with van der Waals surface area (Å²) in [5, 5.41) is 0. The monoisotopic (exact) mass is 289 g/mol. The lowest BCUT2D eigenvalue weighted by Crippen LogP contribution is -2.29. The van der Waals surface area contributed by atoms with Gasteiger partial charge in [0.1, 0.15) is 12.3 Å². The van der Waals surface area contributed by atoms with Crippen LogP contribution in [0.2, 0.25) is 0 Å². The molecule has 0 aliphatic rings. The van der Waals surface area contributed by atoms with Crippen LogP contribution in [0.3, 0.4) is 0 Å². The second kappa shape index (κ2) is 5.98. The van der Waals surface area contributed by atoms with Gasteiger partial charge in [0, 0.05) is 0 Å². The van der Waals surface area contributed by atoms with E-state index in [1.807, 2.05) is 6.92 Å². The standard InChI is InChI=1S/C15H15NO3S/c1-12-7-9-14(10-8-12)20(18,19)16-15(11-17)13-5-3-2-4-6-13/h2-11,15-16H,1H3/t15-/m1/s1. The van der Waals surface area contributed by atoms with Crippen molar-refractivity contribution in [2.24, 2.45) is 0 Å². The molecule has 0 radical (unpaired) electrons. The number of sulfonamides is 1. The van der Waals surface area contributed by atoms with Crippen LogP contribution >= 0.6 is 0 Å². The molecule has 0 aromatic heterocycles. The van der Waals surface area contributed by atoms with Crippen LogP contribution in [0, 0.1) is 6.92 Å². The zero-order valence-electron chi connectivity index (χ0n) is 11.0. The average molecular weight is 289 g/mol. The van der Waals surface area contributed by atoms with Crippen LogP contribution < -0.4 is 4.72 Å². The molecule has 0 fully saturated rings. The van der Waals surface area contributed by atoms with Crippen LogP contribution in [0.1, 0.15) is 17.2 Å². The van der Waals surface area contributed by atoms with Gasteiger partial charge in [0.05, 0.1) is 4.90 Å². The largest absolute Gasteiger partial charge is 0.301 e. The first-order valence-corrected chi connectivity index (χ1v) is 7.60. The van der Waals surface area contributed by atoms with E-state index in [0.717, 1.165) is 5.56 Å². The van der Waals surface area contributed by atoms with E-state index in [9.17, 15) is 13.2 Å². The van der Waals surface area contributed by atoms with E-state index in [4.69, 9.17) is 0 Å². The smallest absolute Gasteiger partial charge is 0.241 e. The van der Waals surface area contributed by atoms with Crippen molar-refractivity contribution in [2.45, 2.75) is 17.9 Å². The molecule has 0 saturated carbocycles. The lowest BCUT2D eigenvalue weighted by molar-refractivity contribution is -0.109. The van der Waals surface area contributed by atoms with E-state index >= 15 is 0 Å². The highest BCUT2D eigenvalue weighted by Crippen LogP contribution is 2.16. The molecule has 2 aromatic rings. The second-order valence-electron chi connectivity index (χ2n) is 4.46. The van der Waals surface area contributed by atoms with E-state index in [0.29, 0.717) is 11.8 Å².